The molecular formula is C20H23N3O4. The number of carbonyl (C=O) groups is 1. The molecule has 3 rings (SSSR count). The maximum Gasteiger partial charge on any atom is 0.410 e. The zero-order valence-corrected chi connectivity index (χ0v) is 15.3. The molecule has 1 aliphatic heterocycles. The highest BCUT2D eigenvalue weighted by Crippen LogP contribution is 2.24. The number of non-ortho nitro benzene ring substituents is 1. The third-order valence-corrected chi connectivity index (χ3v) is 4.74. The number of aryl methyl sites for hydroxylation is 1. The Bertz CT molecular complexity index is 802. The number of rotatable bonds is 5. The van der Waals surface area contributed by atoms with Gasteiger partial charge < -0.3 is 15.0 Å². The van der Waals surface area contributed by atoms with Gasteiger partial charge in [0.1, 0.15) is 6.61 Å². The molecule has 0 atom stereocenters. The zero-order chi connectivity index (χ0) is 19.2. The Balaban J connectivity index is 1.47. The van der Waals surface area contributed by atoms with Crippen LogP contribution in [0.3, 0.4) is 0 Å². The number of nitro benzene ring substituents is 1. The summed E-state index contributed by atoms with van der Waals surface area (Å²) >= 11 is 0. The van der Waals surface area contributed by atoms with Gasteiger partial charge >= 0.3 is 6.09 Å². The SMILES string of the molecule is Cc1cc([N+](=O)[O-])ccc1NC1CCN(C(=O)OCc2ccccc2)CC1. The lowest BCUT2D eigenvalue weighted by Gasteiger charge is -2.32. The Morgan fingerprint density at radius 3 is 2.56 bits per heavy atom. The van der Waals surface area contributed by atoms with Crippen LogP contribution in [-0.4, -0.2) is 35.0 Å². The Kier molecular flexibility index (Phi) is 5.90. The first kappa shape index (κ1) is 18.7. The molecule has 7 nitrogen and oxygen atoms in total. The summed E-state index contributed by atoms with van der Waals surface area (Å²) in [5.74, 6) is 0. The van der Waals surface area contributed by atoms with E-state index in [0.29, 0.717) is 13.1 Å². The molecule has 0 unspecified atom stereocenters. The number of anilines is 1. The molecule has 7 heteroatoms. The summed E-state index contributed by atoms with van der Waals surface area (Å²) in [4.78, 5) is 24.4. The third-order valence-electron chi connectivity index (χ3n) is 4.74. The van der Waals surface area contributed by atoms with E-state index >= 15 is 0 Å². The Morgan fingerprint density at radius 1 is 1.22 bits per heavy atom. The minimum atomic E-state index is -0.393. The molecule has 0 radical (unpaired) electrons. The second-order valence-electron chi connectivity index (χ2n) is 6.70. The van der Waals surface area contributed by atoms with Gasteiger partial charge in [-0.15, -0.1) is 0 Å². The van der Waals surface area contributed by atoms with Crippen molar-refractivity contribution in [1.82, 2.24) is 4.90 Å². The van der Waals surface area contributed by atoms with Crippen LogP contribution in [0.2, 0.25) is 0 Å². The summed E-state index contributed by atoms with van der Waals surface area (Å²) in [7, 11) is 0. The van der Waals surface area contributed by atoms with Gasteiger partial charge in [0.2, 0.25) is 0 Å². The Hall–Kier alpha value is -3.09. The van der Waals surface area contributed by atoms with E-state index in [2.05, 4.69) is 5.32 Å². The smallest absolute Gasteiger partial charge is 0.410 e. The highest BCUT2D eigenvalue weighted by molar-refractivity contribution is 5.67. The summed E-state index contributed by atoms with van der Waals surface area (Å²) in [5, 5.41) is 14.3. The summed E-state index contributed by atoms with van der Waals surface area (Å²) in [6.45, 7) is 3.37. The van der Waals surface area contributed by atoms with Crippen LogP contribution in [0.15, 0.2) is 48.5 Å². The summed E-state index contributed by atoms with van der Waals surface area (Å²) < 4.78 is 5.38. The van der Waals surface area contributed by atoms with Gasteiger partial charge in [-0.2, -0.15) is 0 Å². The summed E-state index contributed by atoms with van der Waals surface area (Å²) in [6, 6.07) is 14.7. The minimum absolute atomic E-state index is 0.0917. The monoisotopic (exact) mass is 369 g/mol. The maximum absolute atomic E-state index is 12.2. The molecule has 2 aromatic carbocycles. The summed E-state index contributed by atoms with van der Waals surface area (Å²) in [5.41, 5.74) is 2.80. The van der Waals surface area contributed by atoms with Gasteiger partial charge in [-0.1, -0.05) is 30.3 Å². The number of nitrogens with zero attached hydrogens (tertiary/aromatic N) is 2. The lowest BCUT2D eigenvalue weighted by atomic mass is 10.0. The van der Waals surface area contributed by atoms with Crippen molar-refractivity contribution in [3.63, 3.8) is 0 Å². The fourth-order valence-corrected chi connectivity index (χ4v) is 3.16. The van der Waals surface area contributed by atoms with Crippen LogP contribution in [0.5, 0.6) is 0 Å². The lowest BCUT2D eigenvalue weighted by molar-refractivity contribution is -0.384. The van der Waals surface area contributed by atoms with Gasteiger partial charge in [-0.3, -0.25) is 10.1 Å². The molecule has 0 aromatic heterocycles. The van der Waals surface area contributed by atoms with Gasteiger partial charge in [0.15, 0.2) is 0 Å². The molecule has 1 aliphatic rings. The van der Waals surface area contributed by atoms with E-state index in [1.54, 1.807) is 17.0 Å². The number of hydrogen-bond donors (Lipinski definition) is 1. The normalized spacial score (nSPS) is 14.6. The van der Waals surface area contributed by atoms with Gasteiger partial charge in [-0.05, 0) is 37.0 Å². The second kappa shape index (κ2) is 8.53. The molecule has 1 heterocycles. The minimum Gasteiger partial charge on any atom is -0.445 e. The topological polar surface area (TPSA) is 84.7 Å². The molecule has 27 heavy (non-hydrogen) atoms. The predicted octanol–water partition coefficient (Wildman–Crippen LogP) is 4.12. The molecule has 1 N–H and O–H groups in total. The highest BCUT2D eigenvalue weighted by atomic mass is 16.6. The molecule has 1 saturated heterocycles. The number of amides is 1. The van der Waals surface area contributed by atoms with E-state index in [0.717, 1.165) is 29.7 Å². The standard InChI is InChI=1S/C20H23N3O4/c1-15-13-18(23(25)26)7-8-19(15)21-17-9-11-22(12-10-17)20(24)27-14-16-5-3-2-4-6-16/h2-8,13,17,21H,9-12,14H2,1H3. The number of piperidine rings is 1. The van der Waals surface area contributed by atoms with Crippen LogP contribution in [0, 0.1) is 17.0 Å². The molecular weight excluding hydrogens is 346 g/mol. The van der Waals surface area contributed by atoms with Crippen molar-refractivity contribution in [3.8, 4) is 0 Å². The highest BCUT2D eigenvalue weighted by Gasteiger charge is 2.24. The van der Waals surface area contributed by atoms with E-state index in [-0.39, 0.29) is 24.4 Å². The fraction of sp³-hybridized carbons (Fsp3) is 0.350. The van der Waals surface area contributed by atoms with Crippen LogP contribution in [0.25, 0.3) is 0 Å². The number of nitro groups is 1. The van der Waals surface area contributed by atoms with E-state index in [4.69, 9.17) is 4.74 Å². The lowest BCUT2D eigenvalue weighted by Crippen LogP contribution is -2.42. The van der Waals surface area contributed by atoms with Crippen LogP contribution in [0.4, 0.5) is 16.2 Å². The van der Waals surface area contributed by atoms with Gasteiger partial charge in [-0.25, -0.2) is 4.79 Å². The zero-order valence-electron chi connectivity index (χ0n) is 15.3. The largest absolute Gasteiger partial charge is 0.445 e. The summed E-state index contributed by atoms with van der Waals surface area (Å²) in [6.07, 6.45) is 1.32. The average Bonchev–Trinajstić information content (AvgIpc) is 2.69. The third kappa shape index (κ3) is 4.97. The molecule has 0 saturated carbocycles. The van der Waals surface area contributed by atoms with Crippen molar-refractivity contribution in [2.45, 2.75) is 32.4 Å². The quantitative estimate of drug-likeness (QED) is 0.633. The molecule has 0 bridgehead atoms. The van der Waals surface area contributed by atoms with E-state index in [1.807, 2.05) is 37.3 Å². The predicted molar refractivity (Wildman–Crippen MR) is 103 cm³/mol. The molecule has 1 amide bonds. The molecule has 1 fully saturated rings. The van der Waals surface area contributed by atoms with Crippen molar-refractivity contribution in [3.05, 3.63) is 69.8 Å². The first-order valence-corrected chi connectivity index (χ1v) is 9.00. The first-order chi connectivity index (χ1) is 13.0. The Labute approximate surface area is 158 Å². The molecule has 142 valence electrons. The Morgan fingerprint density at radius 2 is 1.93 bits per heavy atom. The number of ether oxygens (including phenoxy) is 1. The van der Waals surface area contributed by atoms with Gasteiger partial charge in [0, 0.05) is 37.0 Å². The van der Waals surface area contributed by atoms with Crippen LogP contribution in [0.1, 0.15) is 24.0 Å². The first-order valence-electron chi connectivity index (χ1n) is 9.00. The van der Waals surface area contributed by atoms with Crippen molar-refractivity contribution in [1.29, 1.82) is 0 Å². The van der Waals surface area contributed by atoms with Crippen LogP contribution < -0.4 is 5.32 Å². The fourth-order valence-electron chi connectivity index (χ4n) is 3.16. The second-order valence-corrected chi connectivity index (χ2v) is 6.70. The van der Waals surface area contributed by atoms with E-state index in [9.17, 15) is 14.9 Å². The number of likely N-dealkylation sites (tertiary alicyclic amines) is 1. The molecule has 0 aliphatic carbocycles. The van der Waals surface area contributed by atoms with Crippen molar-refractivity contribution in [2.24, 2.45) is 0 Å². The number of carbonyl (C=O) groups excluding carboxylic acids is 1. The van der Waals surface area contributed by atoms with Crippen LogP contribution >= 0.6 is 0 Å². The van der Waals surface area contributed by atoms with E-state index in [1.165, 1.54) is 6.07 Å². The molecule has 0 spiro atoms. The van der Waals surface area contributed by atoms with Crippen LogP contribution in [-0.2, 0) is 11.3 Å². The van der Waals surface area contributed by atoms with Gasteiger partial charge in [0.05, 0.1) is 4.92 Å². The van der Waals surface area contributed by atoms with Gasteiger partial charge in [0.25, 0.3) is 5.69 Å². The maximum atomic E-state index is 12.2. The number of nitrogens with one attached hydrogen (secondary N) is 1. The number of benzene rings is 2. The number of hydrogen-bond acceptors (Lipinski definition) is 5. The van der Waals surface area contributed by atoms with Crippen molar-refractivity contribution in [2.75, 3.05) is 18.4 Å². The molecule has 2 aromatic rings. The van der Waals surface area contributed by atoms with E-state index < -0.39 is 4.92 Å². The van der Waals surface area contributed by atoms with Crippen molar-refractivity contribution >= 4 is 17.5 Å². The average molecular weight is 369 g/mol. The van der Waals surface area contributed by atoms with Crippen molar-refractivity contribution < 1.29 is 14.5 Å².